The summed E-state index contributed by atoms with van der Waals surface area (Å²) in [7, 11) is 1.46. The molecule has 1 heterocycles. The molecular formula is C16H20ClN5O2S. The third kappa shape index (κ3) is 4.96. The summed E-state index contributed by atoms with van der Waals surface area (Å²) in [6.45, 7) is 4.49. The Bertz CT molecular complexity index is 747. The van der Waals surface area contributed by atoms with E-state index >= 15 is 0 Å². The molecule has 0 spiro atoms. The first-order chi connectivity index (χ1) is 12.0. The van der Waals surface area contributed by atoms with Crippen molar-refractivity contribution in [3.63, 3.8) is 0 Å². The van der Waals surface area contributed by atoms with Crippen LogP contribution in [0.1, 0.15) is 20.3 Å². The molecule has 0 radical (unpaired) electrons. The Labute approximate surface area is 155 Å². The second-order valence-electron chi connectivity index (χ2n) is 5.29. The van der Waals surface area contributed by atoms with Crippen molar-refractivity contribution >= 4 is 35.3 Å². The minimum Gasteiger partial charge on any atom is -0.341 e. The number of amides is 3. The van der Waals surface area contributed by atoms with Crippen molar-refractivity contribution in [3.05, 3.63) is 29.3 Å². The summed E-state index contributed by atoms with van der Waals surface area (Å²) < 4.78 is 1.97. The van der Waals surface area contributed by atoms with Crippen molar-refractivity contribution in [3.8, 4) is 11.4 Å². The number of thioether (sulfide) groups is 1. The Hall–Kier alpha value is -2.06. The van der Waals surface area contributed by atoms with Crippen LogP contribution in [0.4, 0.5) is 4.79 Å². The minimum absolute atomic E-state index is 0.386. The molecule has 0 saturated carbocycles. The van der Waals surface area contributed by atoms with Gasteiger partial charge in [-0.25, -0.2) is 4.79 Å². The number of benzene rings is 1. The van der Waals surface area contributed by atoms with Crippen LogP contribution in [0.3, 0.4) is 0 Å². The van der Waals surface area contributed by atoms with E-state index in [1.165, 1.54) is 18.8 Å². The van der Waals surface area contributed by atoms with Gasteiger partial charge in [0.1, 0.15) is 0 Å². The van der Waals surface area contributed by atoms with Crippen molar-refractivity contribution in [1.29, 1.82) is 0 Å². The number of hydrogen-bond donors (Lipinski definition) is 2. The number of rotatable bonds is 6. The van der Waals surface area contributed by atoms with Crippen LogP contribution in [0, 0.1) is 0 Å². The Morgan fingerprint density at radius 3 is 2.56 bits per heavy atom. The monoisotopic (exact) mass is 381 g/mol. The molecule has 0 aliphatic heterocycles. The smallest absolute Gasteiger partial charge is 0.321 e. The van der Waals surface area contributed by atoms with Gasteiger partial charge in [-0.1, -0.05) is 30.3 Å². The number of hydrogen-bond acceptors (Lipinski definition) is 5. The third-order valence-corrected chi connectivity index (χ3v) is 4.71. The summed E-state index contributed by atoms with van der Waals surface area (Å²) in [4.78, 5) is 23.3. The van der Waals surface area contributed by atoms with Crippen LogP contribution in [0.25, 0.3) is 11.4 Å². The molecule has 9 heteroatoms. The number of halogens is 1. The molecule has 1 unspecified atom stereocenters. The summed E-state index contributed by atoms with van der Waals surface area (Å²) in [5, 5.41) is 13.9. The highest BCUT2D eigenvalue weighted by Gasteiger charge is 2.21. The lowest BCUT2D eigenvalue weighted by atomic mass is 10.2. The molecule has 2 aromatic rings. The summed E-state index contributed by atoms with van der Waals surface area (Å²) in [5.41, 5.74) is 0.902. The highest BCUT2D eigenvalue weighted by atomic mass is 35.5. The normalized spacial score (nSPS) is 11.8. The van der Waals surface area contributed by atoms with Gasteiger partial charge in [-0.05, 0) is 37.6 Å². The van der Waals surface area contributed by atoms with Gasteiger partial charge in [0.2, 0.25) is 5.91 Å². The second-order valence-corrected chi connectivity index (χ2v) is 7.04. The van der Waals surface area contributed by atoms with Gasteiger partial charge in [0.25, 0.3) is 0 Å². The van der Waals surface area contributed by atoms with Gasteiger partial charge in [-0.15, -0.1) is 10.2 Å². The van der Waals surface area contributed by atoms with E-state index in [0.29, 0.717) is 10.2 Å². The largest absolute Gasteiger partial charge is 0.341 e. The lowest BCUT2D eigenvalue weighted by molar-refractivity contribution is -0.119. The van der Waals surface area contributed by atoms with Gasteiger partial charge in [0, 0.05) is 24.2 Å². The van der Waals surface area contributed by atoms with Gasteiger partial charge >= 0.3 is 6.03 Å². The zero-order valence-electron chi connectivity index (χ0n) is 14.2. The maximum atomic E-state index is 12.0. The summed E-state index contributed by atoms with van der Waals surface area (Å²) in [6.07, 6.45) is 0.894. The highest BCUT2D eigenvalue weighted by molar-refractivity contribution is 8.00. The quantitative estimate of drug-likeness (QED) is 0.751. The molecule has 1 atom stereocenters. The molecule has 2 N–H and O–H groups in total. The van der Waals surface area contributed by atoms with Gasteiger partial charge < -0.3 is 9.88 Å². The number of urea groups is 1. The van der Waals surface area contributed by atoms with Gasteiger partial charge in [-0.3, -0.25) is 10.1 Å². The Balaban J connectivity index is 2.22. The number of nitrogens with one attached hydrogen (secondary N) is 2. The van der Waals surface area contributed by atoms with Crippen LogP contribution < -0.4 is 10.6 Å². The molecule has 1 aromatic heterocycles. The van der Waals surface area contributed by atoms with Crippen molar-refractivity contribution in [1.82, 2.24) is 25.4 Å². The van der Waals surface area contributed by atoms with E-state index < -0.39 is 11.3 Å². The van der Waals surface area contributed by atoms with Gasteiger partial charge in [0.15, 0.2) is 11.0 Å². The van der Waals surface area contributed by atoms with Crippen LogP contribution in [0.5, 0.6) is 0 Å². The van der Waals surface area contributed by atoms with E-state index in [2.05, 4.69) is 27.8 Å². The fraction of sp³-hybridized carbons (Fsp3) is 0.375. The first-order valence-corrected chi connectivity index (χ1v) is 9.10. The Morgan fingerprint density at radius 1 is 1.28 bits per heavy atom. The number of carbonyl (C=O) groups is 2. The van der Waals surface area contributed by atoms with E-state index in [-0.39, 0.29) is 5.91 Å². The minimum atomic E-state index is -0.533. The maximum Gasteiger partial charge on any atom is 0.321 e. The fourth-order valence-corrected chi connectivity index (χ4v) is 3.10. The van der Waals surface area contributed by atoms with E-state index in [1.807, 2.05) is 16.7 Å². The molecule has 1 aromatic carbocycles. The first-order valence-electron chi connectivity index (χ1n) is 7.84. The fourth-order valence-electron chi connectivity index (χ4n) is 2.10. The lowest BCUT2D eigenvalue weighted by Gasteiger charge is -2.12. The van der Waals surface area contributed by atoms with Crippen LogP contribution in [-0.4, -0.2) is 39.0 Å². The van der Waals surface area contributed by atoms with Crippen LogP contribution in [-0.2, 0) is 11.3 Å². The number of carbonyl (C=O) groups excluding carboxylic acids is 2. The summed E-state index contributed by atoms with van der Waals surface area (Å²) in [6, 6.07) is 6.83. The molecule has 0 aliphatic carbocycles. The summed E-state index contributed by atoms with van der Waals surface area (Å²) in [5.74, 6) is 0.336. The van der Waals surface area contributed by atoms with E-state index in [1.54, 1.807) is 19.1 Å². The van der Waals surface area contributed by atoms with Crippen molar-refractivity contribution < 1.29 is 9.59 Å². The second kappa shape index (κ2) is 8.87. The molecule has 0 bridgehead atoms. The van der Waals surface area contributed by atoms with Gasteiger partial charge in [0.05, 0.1) is 5.25 Å². The number of nitrogens with zero attached hydrogens (tertiary/aromatic N) is 3. The predicted molar refractivity (Wildman–Crippen MR) is 98.7 cm³/mol. The van der Waals surface area contributed by atoms with Crippen molar-refractivity contribution in [2.75, 3.05) is 7.05 Å². The molecule has 25 heavy (non-hydrogen) atoms. The maximum absolute atomic E-state index is 12.0. The highest BCUT2D eigenvalue weighted by Crippen LogP contribution is 2.27. The Morgan fingerprint density at radius 2 is 1.96 bits per heavy atom. The van der Waals surface area contributed by atoms with Crippen LogP contribution in [0.15, 0.2) is 29.4 Å². The molecule has 0 fully saturated rings. The molecule has 0 aliphatic rings. The standard InChI is InChI=1S/C16H20ClN5O2S/c1-4-9-22-13(11-5-7-12(17)8-6-11)20-21-16(22)25-10(2)14(23)19-15(24)18-3/h5-8,10H,4,9H2,1-3H3,(H2,18,19,23,24). The molecule has 2 rings (SSSR count). The van der Waals surface area contributed by atoms with E-state index in [9.17, 15) is 9.59 Å². The number of aromatic nitrogens is 3. The van der Waals surface area contributed by atoms with Crippen molar-refractivity contribution in [2.24, 2.45) is 0 Å². The van der Waals surface area contributed by atoms with E-state index in [4.69, 9.17) is 11.6 Å². The predicted octanol–water partition coefficient (Wildman–Crippen LogP) is 2.94. The average Bonchev–Trinajstić information content (AvgIpc) is 2.98. The molecule has 0 saturated heterocycles. The Kier molecular flexibility index (Phi) is 6.83. The van der Waals surface area contributed by atoms with E-state index in [0.717, 1.165) is 24.4 Å². The first kappa shape index (κ1) is 19.3. The molecule has 134 valence electrons. The average molecular weight is 382 g/mol. The summed E-state index contributed by atoms with van der Waals surface area (Å²) >= 11 is 7.20. The third-order valence-electron chi connectivity index (χ3n) is 3.38. The zero-order chi connectivity index (χ0) is 18.4. The van der Waals surface area contributed by atoms with Crippen LogP contribution in [0.2, 0.25) is 5.02 Å². The van der Waals surface area contributed by atoms with Crippen LogP contribution >= 0.6 is 23.4 Å². The molecule has 7 nitrogen and oxygen atoms in total. The van der Waals surface area contributed by atoms with Crippen molar-refractivity contribution in [2.45, 2.75) is 37.2 Å². The topological polar surface area (TPSA) is 88.9 Å². The lowest BCUT2D eigenvalue weighted by Crippen LogP contribution is -2.41. The van der Waals surface area contributed by atoms with Gasteiger partial charge in [-0.2, -0.15) is 0 Å². The molecule has 3 amide bonds. The molecular weight excluding hydrogens is 362 g/mol. The SMILES string of the molecule is CCCn1c(SC(C)C(=O)NC(=O)NC)nnc1-c1ccc(Cl)cc1. The zero-order valence-corrected chi connectivity index (χ0v) is 15.8. The number of imide groups is 1.